The summed E-state index contributed by atoms with van der Waals surface area (Å²) in [5.41, 5.74) is 0.345. The molecule has 0 amide bonds. The van der Waals surface area contributed by atoms with Gasteiger partial charge < -0.3 is 10.0 Å². The number of rotatable bonds is 9. The standard InChI is InChI=1S/C21H27F3N4O2/c22-21(23,24)18-9-5-7-16(13-18)19-14-25-26-28(19)12-4-2-1-3-10-27-11-6-8-17(15-27)20(29)30/h5,7,9,13-14,17H,1-4,6,8,10-12,15H2,(H,29,30). The van der Waals surface area contributed by atoms with Gasteiger partial charge in [0.25, 0.3) is 0 Å². The largest absolute Gasteiger partial charge is 0.481 e. The molecular weight excluding hydrogens is 397 g/mol. The van der Waals surface area contributed by atoms with Crippen LogP contribution in [0.2, 0.25) is 0 Å². The van der Waals surface area contributed by atoms with Crippen LogP contribution in [0.1, 0.15) is 44.1 Å². The number of carboxylic acids is 1. The van der Waals surface area contributed by atoms with Gasteiger partial charge in [0.1, 0.15) is 0 Å². The molecule has 0 aliphatic carbocycles. The van der Waals surface area contributed by atoms with Gasteiger partial charge in [0.2, 0.25) is 0 Å². The van der Waals surface area contributed by atoms with Gasteiger partial charge in [0.05, 0.1) is 23.4 Å². The number of nitrogens with zero attached hydrogens (tertiary/aromatic N) is 4. The fourth-order valence-corrected chi connectivity index (χ4v) is 3.91. The summed E-state index contributed by atoms with van der Waals surface area (Å²) in [7, 11) is 0. The fraction of sp³-hybridized carbons (Fsp3) is 0.571. The number of aromatic nitrogens is 3. The molecule has 2 aromatic rings. The summed E-state index contributed by atoms with van der Waals surface area (Å²) < 4.78 is 40.5. The molecule has 9 heteroatoms. The highest BCUT2D eigenvalue weighted by atomic mass is 19.4. The van der Waals surface area contributed by atoms with Crippen LogP contribution in [0.3, 0.4) is 0 Å². The number of alkyl halides is 3. The molecule has 1 N–H and O–H groups in total. The van der Waals surface area contributed by atoms with Crippen LogP contribution in [-0.4, -0.2) is 50.6 Å². The molecule has 1 saturated heterocycles. The molecular formula is C21H27F3N4O2. The summed E-state index contributed by atoms with van der Waals surface area (Å²) >= 11 is 0. The second-order valence-corrected chi connectivity index (χ2v) is 7.81. The van der Waals surface area contributed by atoms with Gasteiger partial charge in [-0.3, -0.25) is 4.79 Å². The lowest BCUT2D eigenvalue weighted by atomic mass is 9.98. The number of aliphatic carboxylic acids is 1. The van der Waals surface area contributed by atoms with Gasteiger partial charge in [0, 0.05) is 18.7 Å². The van der Waals surface area contributed by atoms with Gasteiger partial charge in [-0.25, -0.2) is 4.68 Å². The predicted molar refractivity (Wildman–Crippen MR) is 106 cm³/mol. The zero-order valence-corrected chi connectivity index (χ0v) is 16.8. The monoisotopic (exact) mass is 424 g/mol. The second kappa shape index (κ2) is 10.1. The van der Waals surface area contributed by atoms with Crippen molar-refractivity contribution in [1.29, 1.82) is 0 Å². The van der Waals surface area contributed by atoms with Gasteiger partial charge in [-0.15, -0.1) is 5.10 Å². The number of likely N-dealkylation sites (tertiary alicyclic amines) is 1. The molecule has 3 rings (SSSR count). The van der Waals surface area contributed by atoms with Crippen molar-refractivity contribution < 1.29 is 23.1 Å². The Labute approximate surface area is 173 Å². The summed E-state index contributed by atoms with van der Waals surface area (Å²) in [6.07, 6.45) is 2.65. The molecule has 1 aliphatic rings. The van der Waals surface area contributed by atoms with Crippen LogP contribution in [0.5, 0.6) is 0 Å². The quantitative estimate of drug-likeness (QED) is 0.607. The topological polar surface area (TPSA) is 71.2 Å². The lowest BCUT2D eigenvalue weighted by Crippen LogP contribution is -2.39. The van der Waals surface area contributed by atoms with E-state index in [2.05, 4.69) is 15.2 Å². The number of piperidine rings is 1. The molecule has 1 aromatic heterocycles. The van der Waals surface area contributed by atoms with E-state index in [1.54, 1.807) is 10.7 Å². The summed E-state index contributed by atoms with van der Waals surface area (Å²) in [6, 6.07) is 5.20. The molecule has 1 aliphatic heterocycles. The molecule has 164 valence electrons. The molecule has 0 radical (unpaired) electrons. The van der Waals surface area contributed by atoms with E-state index in [0.717, 1.165) is 63.7 Å². The predicted octanol–water partition coefficient (Wildman–Crippen LogP) is 4.32. The molecule has 0 bridgehead atoms. The molecule has 0 saturated carbocycles. The molecule has 2 heterocycles. The third kappa shape index (κ3) is 6.04. The van der Waals surface area contributed by atoms with Crippen LogP contribution in [0.15, 0.2) is 30.5 Å². The first-order chi connectivity index (χ1) is 14.3. The maximum absolute atomic E-state index is 13.0. The minimum Gasteiger partial charge on any atom is -0.481 e. The molecule has 1 fully saturated rings. The number of halogens is 3. The van der Waals surface area contributed by atoms with Crippen LogP contribution in [-0.2, 0) is 17.5 Å². The number of benzene rings is 1. The Morgan fingerprint density at radius 3 is 2.67 bits per heavy atom. The fourth-order valence-electron chi connectivity index (χ4n) is 3.91. The van der Waals surface area contributed by atoms with Crippen molar-refractivity contribution in [2.45, 2.75) is 51.2 Å². The highest BCUT2D eigenvalue weighted by molar-refractivity contribution is 5.70. The van der Waals surface area contributed by atoms with E-state index in [1.165, 1.54) is 12.3 Å². The van der Waals surface area contributed by atoms with E-state index in [1.807, 2.05) is 0 Å². The Hall–Kier alpha value is -2.42. The van der Waals surface area contributed by atoms with Gasteiger partial charge in [0.15, 0.2) is 0 Å². The molecule has 1 unspecified atom stereocenters. The molecule has 1 atom stereocenters. The third-order valence-corrected chi connectivity index (χ3v) is 5.55. The van der Waals surface area contributed by atoms with Crippen molar-refractivity contribution in [1.82, 2.24) is 19.9 Å². The van der Waals surface area contributed by atoms with E-state index < -0.39 is 17.7 Å². The summed E-state index contributed by atoms with van der Waals surface area (Å²) in [5, 5.41) is 17.0. The second-order valence-electron chi connectivity index (χ2n) is 7.81. The number of aryl methyl sites for hydroxylation is 1. The van der Waals surface area contributed by atoms with Gasteiger partial charge >= 0.3 is 12.1 Å². The smallest absolute Gasteiger partial charge is 0.416 e. The average Bonchev–Trinajstić information content (AvgIpc) is 3.19. The van der Waals surface area contributed by atoms with E-state index >= 15 is 0 Å². The summed E-state index contributed by atoms with van der Waals surface area (Å²) in [5.74, 6) is -0.954. The maximum Gasteiger partial charge on any atom is 0.416 e. The Morgan fingerprint density at radius 2 is 1.93 bits per heavy atom. The highest BCUT2D eigenvalue weighted by Crippen LogP contribution is 2.32. The van der Waals surface area contributed by atoms with Crippen molar-refractivity contribution in [2.75, 3.05) is 19.6 Å². The van der Waals surface area contributed by atoms with Crippen LogP contribution >= 0.6 is 0 Å². The Morgan fingerprint density at radius 1 is 1.17 bits per heavy atom. The SMILES string of the molecule is O=C(O)C1CCCN(CCCCCCn2nncc2-c2cccc(C(F)(F)F)c2)C1. The lowest BCUT2D eigenvalue weighted by Gasteiger charge is -2.30. The molecule has 1 aromatic carbocycles. The number of carboxylic acid groups (broad SMARTS) is 1. The van der Waals surface area contributed by atoms with E-state index in [0.29, 0.717) is 24.3 Å². The average molecular weight is 424 g/mol. The van der Waals surface area contributed by atoms with Gasteiger partial charge in [-0.05, 0) is 50.9 Å². The van der Waals surface area contributed by atoms with Crippen molar-refractivity contribution in [3.63, 3.8) is 0 Å². The van der Waals surface area contributed by atoms with E-state index in [9.17, 15) is 18.0 Å². The van der Waals surface area contributed by atoms with Crippen LogP contribution < -0.4 is 0 Å². The normalized spacial score (nSPS) is 17.9. The number of hydrogen-bond acceptors (Lipinski definition) is 4. The van der Waals surface area contributed by atoms with Crippen molar-refractivity contribution in [3.8, 4) is 11.3 Å². The number of unbranched alkanes of at least 4 members (excludes halogenated alkanes) is 3. The van der Waals surface area contributed by atoms with E-state index in [4.69, 9.17) is 5.11 Å². The van der Waals surface area contributed by atoms with Gasteiger partial charge in [-0.1, -0.05) is 30.2 Å². The summed E-state index contributed by atoms with van der Waals surface area (Å²) in [6.45, 7) is 3.09. The minimum absolute atomic E-state index is 0.250. The van der Waals surface area contributed by atoms with Crippen molar-refractivity contribution >= 4 is 5.97 Å². The Balaban J connectivity index is 1.43. The van der Waals surface area contributed by atoms with Crippen molar-refractivity contribution in [3.05, 3.63) is 36.0 Å². The lowest BCUT2D eigenvalue weighted by molar-refractivity contribution is -0.143. The zero-order chi connectivity index (χ0) is 21.6. The first kappa shape index (κ1) is 22.3. The Kier molecular flexibility index (Phi) is 7.47. The van der Waals surface area contributed by atoms with Crippen LogP contribution in [0.4, 0.5) is 13.2 Å². The molecule has 0 spiro atoms. The molecule has 6 nitrogen and oxygen atoms in total. The highest BCUT2D eigenvalue weighted by Gasteiger charge is 2.30. The van der Waals surface area contributed by atoms with Gasteiger partial charge in [-0.2, -0.15) is 13.2 Å². The van der Waals surface area contributed by atoms with E-state index in [-0.39, 0.29) is 5.92 Å². The maximum atomic E-state index is 13.0. The van der Waals surface area contributed by atoms with Crippen LogP contribution in [0.25, 0.3) is 11.3 Å². The zero-order valence-electron chi connectivity index (χ0n) is 16.8. The third-order valence-electron chi connectivity index (χ3n) is 5.55. The summed E-state index contributed by atoms with van der Waals surface area (Å²) in [4.78, 5) is 13.4. The first-order valence-corrected chi connectivity index (χ1v) is 10.4. The molecule has 30 heavy (non-hydrogen) atoms. The minimum atomic E-state index is -4.38. The van der Waals surface area contributed by atoms with Crippen molar-refractivity contribution in [2.24, 2.45) is 5.92 Å². The van der Waals surface area contributed by atoms with Crippen LogP contribution in [0, 0.1) is 5.92 Å². The number of hydrogen-bond donors (Lipinski definition) is 1. The first-order valence-electron chi connectivity index (χ1n) is 10.4. The Bertz CT molecular complexity index is 838. The number of carbonyl (C=O) groups is 1.